The molecule has 0 unspecified atom stereocenters. The zero-order valence-electron chi connectivity index (χ0n) is 34.8. The van der Waals surface area contributed by atoms with Crippen LogP contribution in [-0.4, -0.2) is 14.1 Å². The van der Waals surface area contributed by atoms with Gasteiger partial charge in [0.1, 0.15) is 0 Å². The van der Waals surface area contributed by atoms with Crippen molar-refractivity contribution in [3.05, 3.63) is 206 Å². The first kappa shape index (κ1) is 35.5. The largest absolute Gasteiger partial charge is 0.354 e. The van der Waals surface area contributed by atoms with Gasteiger partial charge in [0.05, 0.1) is 27.6 Å². The van der Waals surface area contributed by atoms with Gasteiger partial charge in [0.15, 0.2) is 0 Å². The summed E-state index contributed by atoms with van der Waals surface area (Å²) in [5.41, 5.74) is 14.3. The van der Waals surface area contributed by atoms with E-state index in [2.05, 4.69) is 220 Å². The van der Waals surface area contributed by atoms with Crippen LogP contribution >= 0.6 is 22.7 Å². The zero-order chi connectivity index (χ0) is 42.3. The molecule has 0 aliphatic heterocycles. The lowest BCUT2D eigenvalue weighted by Gasteiger charge is -2.11. The summed E-state index contributed by atoms with van der Waals surface area (Å²) in [6.45, 7) is 0. The lowest BCUT2D eigenvalue weighted by atomic mass is 9.94. The summed E-state index contributed by atoms with van der Waals surface area (Å²) < 4.78 is 10.2. The molecule has 302 valence electrons. The number of aromatic nitrogens is 3. The highest BCUT2D eigenvalue weighted by molar-refractivity contribution is 7.27. The van der Waals surface area contributed by atoms with E-state index in [4.69, 9.17) is 0 Å². The van der Waals surface area contributed by atoms with E-state index in [1.807, 2.05) is 22.7 Å². The van der Waals surface area contributed by atoms with Crippen molar-refractivity contribution in [1.82, 2.24) is 14.1 Å². The minimum Gasteiger partial charge on any atom is -0.354 e. The molecule has 0 aliphatic carbocycles. The van der Waals surface area contributed by atoms with Gasteiger partial charge in [-0.05, 0) is 108 Å². The molecule has 0 fully saturated rings. The highest BCUT2D eigenvalue weighted by Crippen LogP contribution is 2.47. The average Bonchev–Trinajstić information content (AvgIpc) is 4.18. The van der Waals surface area contributed by atoms with Gasteiger partial charge in [0, 0.05) is 95.1 Å². The van der Waals surface area contributed by atoms with E-state index >= 15 is 0 Å². The molecule has 0 saturated carbocycles. The second-order valence-electron chi connectivity index (χ2n) is 17.3. The molecule has 1 N–H and O–H groups in total. The van der Waals surface area contributed by atoms with Crippen molar-refractivity contribution in [3.8, 4) is 33.6 Å². The van der Waals surface area contributed by atoms with Crippen LogP contribution in [0.3, 0.4) is 0 Å². The van der Waals surface area contributed by atoms with E-state index in [0.717, 1.165) is 16.7 Å². The number of aromatic amines is 1. The van der Waals surface area contributed by atoms with Crippen molar-refractivity contribution in [2.45, 2.75) is 0 Å². The van der Waals surface area contributed by atoms with Crippen LogP contribution in [0.25, 0.3) is 139 Å². The number of fused-ring (bicyclic) bond motifs is 17. The fourth-order valence-corrected chi connectivity index (χ4v) is 13.5. The lowest BCUT2D eigenvalue weighted by Crippen LogP contribution is -1.93. The van der Waals surface area contributed by atoms with Gasteiger partial charge in [-0.1, -0.05) is 115 Å². The van der Waals surface area contributed by atoms with Gasteiger partial charge in [-0.2, -0.15) is 0 Å². The smallest absolute Gasteiger partial charge is 0.0555 e. The van der Waals surface area contributed by atoms with Crippen LogP contribution in [-0.2, 0) is 0 Å². The van der Waals surface area contributed by atoms with Crippen molar-refractivity contribution in [1.29, 1.82) is 0 Å². The first-order valence-electron chi connectivity index (χ1n) is 22.2. The Morgan fingerprint density at radius 1 is 0.323 bits per heavy atom. The second-order valence-corrected chi connectivity index (χ2v) is 19.4. The van der Waals surface area contributed by atoms with Crippen molar-refractivity contribution >= 4 is 128 Å². The molecule has 10 aromatic carbocycles. The van der Waals surface area contributed by atoms with E-state index < -0.39 is 0 Å². The molecular formula is C60H35N3S2. The van der Waals surface area contributed by atoms with Gasteiger partial charge in [-0.25, -0.2) is 0 Å². The van der Waals surface area contributed by atoms with Crippen LogP contribution in [0.2, 0.25) is 0 Å². The molecule has 0 bridgehead atoms. The van der Waals surface area contributed by atoms with Crippen LogP contribution in [0.1, 0.15) is 0 Å². The Balaban J connectivity index is 1.02. The fraction of sp³-hybridized carbons (Fsp3) is 0. The van der Waals surface area contributed by atoms with Gasteiger partial charge in [-0.15, -0.1) is 22.7 Å². The van der Waals surface area contributed by atoms with Gasteiger partial charge in [-0.3, -0.25) is 0 Å². The average molecular weight is 862 g/mol. The molecule has 65 heavy (non-hydrogen) atoms. The van der Waals surface area contributed by atoms with Crippen molar-refractivity contribution in [2.24, 2.45) is 0 Å². The van der Waals surface area contributed by atoms with E-state index in [9.17, 15) is 0 Å². The fourth-order valence-electron chi connectivity index (χ4n) is 11.0. The Morgan fingerprint density at radius 2 is 0.800 bits per heavy atom. The van der Waals surface area contributed by atoms with E-state index in [0.29, 0.717) is 0 Å². The Kier molecular flexibility index (Phi) is 7.26. The van der Waals surface area contributed by atoms with Crippen LogP contribution in [0.15, 0.2) is 206 Å². The van der Waals surface area contributed by atoms with Gasteiger partial charge >= 0.3 is 0 Å². The second kappa shape index (κ2) is 13.3. The van der Waals surface area contributed by atoms with Gasteiger partial charge in [0.25, 0.3) is 0 Å². The monoisotopic (exact) mass is 861 g/mol. The molecule has 0 spiro atoms. The number of hydrogen-bond donors (Lipinski definition) is 1. The standard InChI is InChI=1S/C60H35N3S2/c1-3-13-38(14-4-1)62-50-27-23-35(31-47(50)56-52(62)29-25-43-41-18-8-11-21-54(41)64-59(43)56)37-33-45(58-46(34-37)40-17-7-10-20-49(40)61-58)36-24-28-51-48(32-36)57-53(63(51)39-15-5-2-6-16-39)30-26-44-42-19-9-12-22-55(42)65-60(44)57/h1-34,61H. The molecular weight excluding hydrogens is 827 g/mol. The third-order valence-corrected chi connectivity index (χ3v) is 16.2. The Bertz CT molecular complexity index is 4460. The third kappa shape index (κ3) is 4.99. The molecule has 5 heterocycles. The van der Waals surface area contributed by atoms with E-state index in [-0.39, 0.29) is 0 Å². The first-order chi connectivity index (χ1) is 32.2. The Labute approximate surface area is 380 Å². The maximum atomic E-state index is 3.89. The lowest BCUT2D eigenvalue weighted by molar-refractivity contribution is 1.18. The van der Waals surface area contributed by atoms with Crippen molar-refractivity contribution < 1.29 is 0 Å². The predicted molar refractivity (Wildman–Crippen MR) is 281 cm³/mol. The van der Waals surface area contributed by atoms with Crippen LogP contribution in [0.5, 0.6) is 0 Å². The molecule has 5 heteroatoms. The molecule has 0 aliphatic rings. The number of nitrogens with one attached hydrogen (secondary N) is 1. The number of benzene rings is 10. The minimum absolute atomic E-state index is 1.14. The number of hydrogen-bond acceptors (Lipinski definition) is 2. The maximum Gasteiger partial charge on any atom is 0.0555 e. The van der Waals surface area contributed by atoms with Crippen LogP contribution in [0.4, 0.5) is 0 Å². The SMILES string of the molecule is c1ccc(-n2c3ccc(-c4cc(-c5ccc6c(c5)c5c7sc8ccccc8c7ccc5n6-c5ccccc5)c5[nH]c6ccccc6c5c4)cc3c3c4sc5ccccc5c4ccc32)cc1. The number of para-hydroxylation sites is 3. The normalized spacial score (nSPS) is 12.3. The summed E-state index contributed by atoms with van der Waals surface area (Å²) in [6, 6.07) is 76.5. The van der Waals surface area contributed by atoms with Crippen molar-refractivity contribution in [2.75, 3.05) is 0 Å². The highest BCUT2D eigenvalue weighted by atomic mass is 32.1. The summed E-state index contributed by atoms with van der Waals surface area (Å²) in [4.78, 5) is 3.89. The topological polar surface area (TPSA) is 25.6 Å². The minimum atomic E-state index is 1.14. The molecule has 5 aromatic heterocycles. The summed E-state index contributed by atoms with van der Waals surface area (Å²) in [5, 5.41) is 12.9. The number of nitrogens with zero attached hydrogens (tertiary/aromatic N) is 2. The van der Waals surface area contributed by atoms with E-state index in [1.165, 1.54) is 123 Å². The number of H-pyrrole nitrogens is 1. The van der Waals surface area contributed by atoms with Crippen molar-refractivity contribution in [3.63, 3.8) is 0 Å². The summed E-state index contributed by atoms with van der Waals surface area (Å²) in [6.07, 6.45) is 0. The maximum absolute atomic E-state index is 3.89. The van der Waals surface area contributed by atoms with Crippen LogP contribution in [0, 0.1) is 0 Å². The third-order valence-electron chi connectivity index (χ3n) is 13.8. The molecule has 0 amide bonds. The molecule has 0 saturated heterocycles. The van der Waals surface area contributed by atoms with Gasteiger partial charge in [0.2, 0.25) is 0 Å². The summed E-state index contributed by atoms with van der Waals surface area (Å²) in [5.74, 6) is 0. The Hall–Kier alpha value is -7.96. The molecule has 0 radical (unpaired) electrons. The molecule has 0 atom stereocenters. The zero-order valence-corrected chi connectivity index (χ0v) is 36.5. The van der Waals surface area contributed by atoms with E-state index in [1.54, 1.807) is 0 Å². The predicted octanol–water partition coefficient (Wildman–Crippen LogP) is 17.6. The summed E-state index contributed by atoms with van der Waals surface area (Å²) >= 11 is 3.81. The quantitative estimate of drug-likeness (QED) is 0.182. The Morgan fingerprint density at radius 3 is 1.40 bits per heavy atom. The number of thiophene rings is 2. The molecule has 3 nitrogen and oxygen atoms in total. The summed E-state index contributed by atoms with van der Waals surface area (Å²) in [7, 11) is 0. The van der Waals surface area contributed by atoms with Gasteiger partial charge < -0.3 is 14.1 Å². The molecule has 15 rings (SSSR count). The molecule has 15 aromatic rings. The van der Waals surface area contributed by atoms with Crippen LogP contribution < -0.4 is 0 Å². The first-order valence-corrected chi connectivity index (χ1v) is 23.8. The highest BCUT2D eigenvalue weighted by Gasteiger charge is 2.22. The number of rotatable bonds is 4.